The maximum atomic E-state index is 12.8. The van der Waals surface area contributed by atoms with Gasteiger partial charge in [-0.2, -0.15) is 5.10 Å². The van der Waals surface area contributed by atoms with E-state index in [2.05, 4.69) is 45.1 Å². The van der Waals surface area contributed by atoms with Gasteiger partial charge < -0.3 is 5.32 Å². The van der Waals surface area contributed by atoms with E-state index in [9.17, 15) is 4.79 Å². The maximum Gasteiger partial charge on any atom is 0.238 e. The van der Waals surface area contributed by atoms with E-state index in [4.69, 9.17) is 0 Å². The summed E-state index contributed by atoms with van der Waals surface area (Å²) in [4.78, 5) is 13.9. The molecule has 148 valence electrons. The van der Waals surface area contributed by atoms with Crippen molar-refractivity contribution in [1.29, 1.82) is 0 Å². The quantitative estimate of drug-likeness (QED) is 0.542. The minimum Gasteiger partial charge on any atom is -0.310 e. The lowest BCUT2D eigenvalue weighted by Crippen LogP contribution is -2.25. The molecule has 0 saturated heterocycles. The molecule has 0 aromatic carbocycles. The van der Waals surface area contributed by atoms with Gasteiger partial charge in [0.1, 0.15) is 5.82 Å². The van der Waals surface area contributed by atoms with Gasteiger partial charge in [0.25, 0.3) is 0 Å². The molecule has 1 fully saturated rings. The fourth-order valence-corrected chi connectivity index (χ4v) is 4.59. The van der Waals surface area contributed by atoms with Crippen LogP contribution < -0.4 is 5.32 Å². The molecule has 3 aromatic heterocycles. The van der Waals surface area contributed by atoms with Crippen molar-refractivity contribution in [2.75, 3.05) is 5.32 Å². The minimum absolute atomic E-state index is 0.0573. The Hall–Kier alpha value is -2.13. The summed E-state index contributed by atoms with van der Waals surface area (Å²) in [6.07, 6.45) is 4.94. The zero-order valence-corrected chi connectivity index (χ0v) is 17.8. The smallest absolute Gasteiger partial charge is 0.238 e. The van der Waals surface area contributed by atoms with Gasteiger partial charge in [-0.25, -0.2) is 4.68 Å². The molecule has 3 aromatic rings. The summed E-state index contributed by atoms with van der Waals surface area (Å²) < 4.78 is 4.06. The molecular formula is C19H24N6OS2. The third kappa shape index (κ3) is 3.86. The van der Waals surface area contributed by atoms with E-state index in [0.717, 1.165) is 40.9 Å². The summed E-state index contributed by atoms with van der Waals surface area (Å²) in [7, 11) is 0. The fraction of sp³-hybridized carbons (Fsp3) is 0.474. The van der Waals surface area contributed by atoms with E-state index in [1.165, 1.54) is 11.8 Å². The van der Waals surface area contributed by atoms with Crippen molar-refractivity contribution >= 4 is 34.8 Å². The Balaban J connectivity index is 1.49. The number of hydrogen-bond acceptors (Lipinski definition) is 6. The third-order valence-corrected chi connectivity index (χ3v) is 6.82. The van der Waals surface area contributed by atoms with Crippen molar-refractivity contribution in [3.05, 3.63) is 29.8 Å². The van der Waals surface area contributed by atoms with Crippen LogP contribution in [0.3, 0.4) is 0 Å². The van der Waals surface area contributed by atoms with Gasteiger partial charge in [-0.05, 0) is 44.6 Å². The highest BCUT2D eigenvalue weighted by Gasteiger charge is 2.32. The van der Waals surface area contributed by atoms with Crippen LogP contribution in [0, 0.1) is 0 Å². The molecule has 0 aliphatic heterocycles. The first kappa shape index (κ1) is 19.2. The number of anilines is 1. The number of thiophene rings is 1. The Morgan fingerprint density at radius 2 is 2.18 bits per heavy atom. The second-order valence-electron chi connectivity index (χ2n) is 7.05. The molecule has 9 heteroatoms. The van der Waals surface area contributed by atoms with Crippen LogP contribution in [0.15, 0.2) is 34.9 Å². The van der Waals surface area contributed by atoms with Crippen molar-refractivity contribution < 1.29 is 4.79 Å². The third-order valence-electron chi connectivity index (χ3n) is 4.90. The fourth-order valence-electron chi connectivity index (χ4n) is 2.97. The first-order chi connectivity index (χ1) is 13.6. The number of aromatic nitrogens is 5. The summed E-state index contributed by atoms with van der Waals surface area (Å²) in [5.74, 6) is 1.58. The molecule has 2 atom stereocenters. The predicted octanol–water partition coefficient (Wildman–Crippen LogP) is 4.63. The molecular weight excluding hydrogens is 392 g/mol. The van der Waals surface area contributed by atoms with Crippen LogP contribution in [-0.4, -0.2) is 35.7 Å². The Kier molecular flexibility index (Phi) is 5.54. The molecule has 28 heavy (non-hydrogen) atoms. The highest BCUT2D eigenvalue weighted by atomic mass is 32.2. The van der Waals surface area contributed by atoms with Crippen molar-refractivity contribution in [2.45, 2.75) is 62.5 Å². The summed E-state index contributed by atoms with van der Waals surface area (Å²) in [5.41, 5.74) is 0. The molecule has 1 N–H and O–H groups in total. The Morgan fingerprint density at radius 1 is 1.36 bits per heavy atom. The second kappa shape index (κ2) is 8.08. The van der Waals surface area contributed by atoms with Gasteiger partial charge in [0.2, 0.25) is 5.91 Å². The van der Waals surface area contributed by atoms with Crippen LogP contribution in [0.4, 0.5) is 5.82 Å². The topological polar surface area (TPSA) is 77.6 Å². The van der Waals surface area contributed by atoms with Gasteiger partial charge in [-0.1, -0.05) is 24.8 Å². The highest BCUT2D eigenvalue weighted by molar-refractivity contribution is 8.00. The number of nitrogens with one attached hydrogen (secondary N) is 1. The summed E-state index contributed by atoms with van der Waals surface area (Å²) in [5, 5.41) is 18.7. The van der Waals surface area contributed by atoms with Gasteiger partial charge in [0.15, 0.2) is 11.0 Å². The first-order valence-corrected chi connectivity index (χ1v) is 11.3. The largest absolute Gasteiger partial charge is 0.310 e. The van der Waals surface area contributed by atoms with Gasteiger partial charge >= 0.3 is 0 Å². The minimum atomic E-state index is -0.293. The van der Waals surface area contributed by atoms with Crippen molar-refractivity contribution in [3.63, 3.8) is 0 Å². The summed E-state index contributed by atoms with van der Waals surface area (Å²) in [6, 6.07) is 6.60. The van der Waals surface area contributed by atoms with Crippen LogP contribution in [0.2, 0.25) is 0 Å². The second-order valence-corrected chi connectivity index (χ2v) is 9.31. The average Bonchev–Trinajstić information content (AvgIpc) is 3.10. The van der Waals surface area contributed by atoms with E-state index in [1.807, 2.05) is 29.1 Å². The van der Waals surface area contributed by atoms with Crippen molar-refractivity contribution in [3.8, 4) is 10.7 Å². The van der Waals surface area contributed by atoms with Crippen molar-refractivity contribution in [2.24, 2.45) is 0 Å². The molecule has 1 aliphatic carbocycles. The first-order valence-electron chi connectivity index (χ1n) is 9.58. The highest BCUT2D eigenvalue weighted by Crippen LogP contribution is 2.42. The molecule has 7 nitrogen and oxygen atoms in total. The summed E-state index contributed by atoms with van der Waals surface area (Å²) >= 11 is 3.12. The van der Waals surface area contributed by atoms with Crippen LogP contribution in [0.25, 0.3) is 10.7 Å². The van der Waals surface area contributed by atoms with Gasteiger partial charge in [0, 0.05) is 12.1 Å². The zero-order valence-electron chi connectivity index (χ0n) is 16.2. The van der Waals surface area contributed by atoms with Gasteiger partial charge in [-0.15, -0.1) is 21.5 Å². The normalized spacial score (nSPS) is 16.1. The Bertz CT molecular complexity index is 944. The predicted molar refractivity (Wildman–Crippen MR) is 113 cm³/mol. The van der Waals surface area contributed by atoms with E-state index in [-0.39, 0.29) is 17.2 Å². The lowest BCUT2D eigenvalue weighted by Gasteiger charge is -2.16. The zero-order chi connectivity index (χ0) is 19.7. The van der Waals surface area contributed by atoms with Crippen LogP contribution in [-0.2, 0) is 4.79 Å². The maximum absolute atomic E-state index is 12.8. The molecule has 1 saturated carbocycles. The molecule has 1 aliphatic rings. The average molecular weight is 417 g/mol. The van der Waals surface area contributed by atoms with E-state index < -0.39 is 0 Å². The monoisotopic (exact) mass is 416 g/mol. The molecule has 4 rings (SSSR count). The van der Waals surface area contributed by atoms with E-state index in [1.54, 1.807) is 17.5 Å². The van der Waals surface area contributed by atoms with Crippen LogP contribution in [0.1, 0.15) is 52.1 Å². The molecule has 1 amide bonds. The summed E-state index contributed by atoms with van der Waals surface area (Å²) in [6.45, 7) is 6.10. The molecule has 0 radical (unpaired) electrons. The van der Waals surface area contributed by atoms with Crippen molar-refractivity contribution in [1.82, 2.24) is 24.5 Å². The van der Waals surface area contributed by atoms with Crippen LogP contribution >= 0.6 is 23.1 Å². The molecule has 0 bridgehead atoms. The number of amides is 1. The standard InChI is InChI=1S/C19H24N6OS2/c1-4-12(2)25-16(9-10-20-25)21-18(26)13(3)28-19-23-22-17(15-6-5-11-27-15)24(19)14-7-8-14/h5-6,9-14H,4,7-8H2,1-3H3,(H,21,26)/t12-,13+/m1/s1. The van der Waals surface area contributed by atoms with E-state index >= 15 is 0 Å². The van der Waals surface area contributed by atoms with Gasteiger partial charge in [0.05, 0.1) is 22.4 Å². The number of carbonyl (C=O) groups excluding carboxylic acids is 1. The number of rotatable bonds is 8. The Morgan fingerprint density at radius 3 is 2.86 bits per heavy atom. The Labute approximate surface area is 172 Å². The number of nitrogens with zero attached hydrogens (tertiary/aromatic N) is 5. The van der Waals surface area contributed by atoms with E-state index in [0.29, 0.717) is 6.04 Å². The number of hydrogen-bond donors (Lipinski definition) is 1. The van der Waals surface area contributed by atoms with Crippen LogP contribution in [0.5, 0.6) is 0 Å². The molecule has 0 unspecified atom stereocenters. The molecule has 0 spiro atoms. The lowest BCUT2D eigenvalue weighted by atomic mass is 10.3. The number of thioether (sulfide) groups is 1. The lowest BCUT2D eigenvalue weighted by molar-refractivity contribution is -0.115. The SMILES string of the molecule is CC[C@@H](C)n1nccc1NC(=O)[C@H](C)Sc1nnc(-c2cccs2)n1C1CC1. The molecule has 3 heterocycles. The van der Waals surface area contributed by atoms with Gasteiger partial charge in [-0.3, -0.25) is 9.36 Å². The number of carbonyl (C=O) groups is 1.